The largest absolute Gasteiger partial charge is 0.393 e. The van der Waals surface area contributed by atoms with Crippen LogP contribution in [0.2, 0.25) is 0 Å². The van der Waals surface area contributed by atoms with E-state index < -0.39 is 0 Å². The molecule has 0 aliphatic carbocycles. The Kier molecular flexibility index (Phi) is 0.620. The van der Waals surface area contributed by atoms with Crippen LogP contribution in [-0.2, 0) is 4.74 Å². The highest BCUT2D eigenvalue weighted by molar-refractivity contribution is 7.24. The van der Waals surface area contributed by atoms with Gasteiger partial charge in [0.25, 0.3) is 0 Å². The van der Waals surface area contributed by atoms with E-state index in [0.717, 1.165) is 6.61 Å². The first-order valence-corrected chi connectivity index (χ1v) is 3.05. The van der Waals surface area contributed by atoms with Gasteiger partial charge in [0.2, 0.25) is 0 Å². The van der Waals surface area contributed by atoms with Crippen molar-refractivity contribution in [1.82, 2.24) is 0 Å². The molecule has 2 heterocycles. The quantitative estimate of drug-likeness (QED) is 0.359. The van der Waals surface area contributed by atoms with Crippen LogP contribution in [0.3, 0.4) is 0 Å². The zero-order chi connectivity index (χ0) is 4.74. The Morgan fingerprint density at radius 3 is 2.57 bits per heavy atom. The molecule has 0 aromatic rings. The number of ether oxygens (including phenoxy) is 1. The van der Waals surface area contributed by atoms with E-state index in [0.29, 0.717) is 5.40 Å². The van der Waals surface area contributed by atoms with Gasteiger partial charge >= 0.3 is 0 Å². The van der Waals surface area contributed by atoms with Crippen molar-refractivity contribution < 1.29 is 4.74 Å². The molecule has 0 atom stereocenters. The Morgan fingerprint density at radius 1 is 1.43 bits per heavy atom. The fraction of sp³-hybridized carbons (Fsp3) is 1.00. The van der Waals surface area contributed by atoms with Gasteiger partial charge in [0.1, 0.15) is 14.3 Å². The maximum absolute atomic E-state index is 5.45. The molecule has 2 rings (SSSR count). The fourth-order valence-corrected chi connectivity index (χ4v) is 1.29. The van der Waals surface area contributed by atoms with Crippen LogP contribution in [0, 0.1) is 0 Å². The van der Waals surface area contributed by atoms with Crippen LogP contribution in [-0.4, -0.2) is 26.3 Å². The lowest BCUT2D eigenvalue weighted by molar-refractivity contribution is 0.147. The molecule has 0 aromatic carbocycles. The second kappa shape index (κ2) is 1.08. The summed E-state index contributed by atoms with van der Waals surface area (Å²) in [6, 6.07) is 0. The molecule has 0 saturated carbocycles. The third kappa shape index (κ3) is 0.513. The molecular weight excluding hydrogens is 85.7 g/mol. The maximum atomic E-state index is 5.45. The smallest absolute Gasteiger partial charge is 0.119 e. The molecule has 1 spiro atoms. The van der Waals surface area contributed by atoms with E-state index in [1.54, 1.807) is 0 Å². The molecule has 0 N–H and O–H groups in total. The standard InChI is InChI=1S/C4H8B2O/c1-2-4(5-6-4)7-3-1/h5-6H,1-3H2. The van der Waals surface area contributed by atoms with E-state index in [2.05, 4.69) is 0 Å². The van der Waals surface area contributed by atoms with Crippen LogP contribution in [0.25, 0.3) is 0 Å². The predicted octanol–water partition coefficient (Wildman–Crippen LogP) is -0.748. The van der Waals surface area contributed by atoms with Gasteiger partial charge in [0, 0.05) is 6.61 Å². The second-order valence-corrected chi connectivity index (χ2v) is 2.64. The lowest BCUT2D eigenvalue weighted by Gasteiger charge is -2.02. The van der Waals surface area contributed by atoms with Crippen LogP contribution >= 0.6 is 0 Å². The molecule has 1 nitrogen and oxygen atoms in total. The van der Waals surface area contributed by atoms with Crippen LogP contribution in [0.4, 0.5) is 0 Å². The van der Waals surface area contributed by atoms with Crippen LogP contribution in [0.5, 0.6) is 0 Å². The molecule has 2 fully saturated rings. The first kappa shape index (κ1) is 4.02. The summed E-state index contributed by atoms with van der Waals surface area (Å²) in [7, 11) is 2.68. The molecule has 0 bridgehead atoms. The average molecular weight is 93.7 g/mol. The molecule has 36 valence electrons. The Hall–Kier alpha value is 0.0899. The average Bonchev–Trinajstić information content (AvgIpc) is 2.15. The second-order valence-electron chi connectivity index (χ2n) is 2.64. The summed E-state index contributed by atoms with van der Waals surface area (Å²) < 4.78 is 5.45. The third-order valence-electron chi connectivity index (χ3n) is 1.99. The first-order valence-electron chi connectivity index (χ1n) is 3.05. The summed E-state index contributed by atoms with van der Waals surface area (Å²) >= 11 is 0. The lowest BCUT2D eigenvalue weighted by atomic mass is 9.81. The summed E-state index contributed by atoms with van der Waals surface area (Å²) in [5, 5.41) is 0.444. The van der Waals surface area contributed by atoms with Gasteiger partial charge in [-0.15, -0.1) is 0 Å². The van der Waals surface area contributed by atoms with E-state index in [4.69, 9.17) is 4.74 Å². The topological polar surface area (TPSA) is 9.23 Å². The first-order chi connectivity index (χ1) is 3.41. The van der Waals surface area contributed by atoms with Gasteiger partial charge in [-0.3, -0.25) is 0 Å². The van der Waals surface area contributed by atoms with Crippen LogP contribution in [0.15, 0.2) is 0 Å². The van der Waals surface area contributed by atoms with Crippen molar-refractivity contribution in [2.24, 2.45) is 0 Å². The molecule has 3 heteroatoms. The molecule has 7 heavy (non-hydrogen) atoms. The summed E-state index contributed by atoms with van der Waals surface area (Å²) in [6.07, 6.45) is 2.65. The van der Waals surface area contributed by atoms with Crippen molar-refractivity contribution in [3.63, 3.8) is 0 Å². The van der Waals surface area contributed by atoms with Gasteiger partial charge in [-0.2, -0.15) is 0 Å². The molecule has 0 unspecified atom stereocenters. The lowest BCUT2D eigenvalue weighted by Crippen LogP contribution is -2.08. The molecule has 2 saturated heterocycles. The summed E-state index contributed by atoms with van der Waals surface area (Å²) in [5.74, 6) is 0. The number of hydrogen-bond donors (Lipinski definition) is 0. The van der Waals surface area contributed by atoms with Gasteiger partial charge in [0.05, 0.1) is 0 Å². The van der Waals surface area contributed by atoms with Crippen molar-refractivity contribution in [1.29, 1.82) is 0 Å². The summed E-state index contributed by atoms with van der Waals surface area (Å²) in [6.45, 7) is 1.03. The Morgan fingerprint density at radius 2 is 2.29 bits per heavy atom. The molecule has 2 aliphatic heterocycles. The maximum Gasteiger partial charge on any atom is 0.119 e. The minimum Gasteiger partial charge on any atom is -0.393 e. The van der Waals surface area contributed by atoms with Gasteiger partial charge in [0.15, 0.2) is 0 Å². The normalized spacial score (nSPS) is 32.0. The summed E-state index contributed by atoms with van der Waals surface area (Å²) in [4.78, 5) is 0. The molecule has 2 aliphatic rings. The zero-order valence-corrected chi connectivity index (χ0v) is 4.44. The highest BCUT2D eigenvalue weighted by atomic mass is 16.5. The van der Waals surface area contributed by atoms with E-state index in [-0.39, 0.29) is 0 Å². The molecule has 0 amide bonds. The van der Waals surface area contributed by atoms with Crippen molar-refractivity contribution in [2.45, 2.75) is 18.2 Å². The van der Waals surface area contributed by atoms with E-state index in [1.807, 2.05) is 0 Å². The van der Waals surface area contributed by atoms with Crippen LogP contribution < -0.4 is 0 Å². The van der Waals surface area contributed by atoms with Gasteiger partial charge in [-0.05, 0) is 18.2 Å². The molecular formula is C4H8B2O. The van der Waals surface area contributed by atoms with Crippen molar-refractivity contribution in [3.8, 4) is 0 Å². The number of rotatable bonds is 0. The van der Waals surface area contributed by atoms with Crippen LogP contribution in [0.1, 0.15) is 12.8 Å². The molecule has 0 radical (unpaired) electrons. The monoisotopic (exact) mass is 94.1 g/mol. The Labute approximate surface area is 44.9 Å². The number of hydrogen-bond acceptors (Lipinski definition) is 1. The Bertz CT molecular complexity index is 81.7. The van der Waals surface area contributed by atoms with Crippen molar-refractivity contribution in [2.75, 3.05) is 6.61 Å². The van der Waals surface area contributed by atoms with Gasteiger partial charge in [-0.1, -0.05) is 0 Å². The predicted molar refractivity (Wildman–Crippen MR) is 32.2 cm³/mol. The summed E-state index contributed by atoms with van der Waals surface area (Å²) in [5.41, 5.74) is 0. The van der Waals surface area contributed by atoms with E-state index >= 15 is 0 Å². The van der Waals surface area contributed by atoms with Crippen molar-refractivity contribution >= 4 is 14.3 Å². The SMILES string of the molecule is B1BC12CCCO2. The van der Waals surface area contributed by atoms with Crippen molar-refractivity contribution in [3.05, 3.63) is 0 Å². The third-order valence-corrected chi connectivity index (χ3v) is 1.99. The minimum absolute atomic E-state index is 0.444. The van der Waals surface area contributed by atoms with Gasteiger partial charge < -0.3 is 4.74 Å². The van der Waals surface area contributed by atoms with Gasteiger partial charge in [-0.25, -0.2) is 0 Å². The van der Waals surface area contributed by atoms with E-state index in [9.17, 15) is 0 Å². The molecule has 0 aromatic heterocycles. The highest BCUT2D eigenvalue weighted by Gasteiger charge is 2.48. The zero-order valence-electron chi connectivity index (χ0n) is 4.44. The van der Waals surface area contributed by atoms with E-state index in [1.165, 1.54) is 27.2 Å². The highest BCUT2D eigenvalue weighted by Crippen LogP contribution is 2.31. The minimum atomic E-state index is 0.444. The fourth-order valence-electron chi connectivity index (χ4n) is 1.29. The Balaban J connectivity index is 2.07.